The lowest BCUT2D eigenvalue weighted by atomic mass is 9.93. The molecule has 2 rings (SSSR count). The molecule has 0 radical (unpaired) electrons. The number of pyridine rings is 1. The largest absolute Gasteiger partial charge is 0.308 e. The molecule has 0 spiro atoms. The van der Waals surface area contributed by atoms with Crippen LogP contribution in [-0.4, -0.2) is 11.0 Å². The summed E-state index contributed by atoms with van der Waals surface area (Å²) in [7, 11) is 0. The van der Waals surface area contributed by atoms with Crippen molar-refractivity contribution in [3.63, 3.8) is 0 Å². The highest BCUT2D eigenvalue weighted by Gasteiger charge is 2.18. The second kappa shape index (κ2) is 6.89. The fourth-order valence-electron chi connectivity index (χ4n) is 2.94. The second-order valence-electron chi connectivity index (χ2n) is 5.69. The van der Waals surface area contributed by atoms with Crippen LogP contribution in [0.5, 0.6) is 0 Å². The van der Waals surface area contributed by atoms with Gasteiger partial charge in [-0.3, -0.25) is 4.98 Å². The Morgan fingerprint density at radius 2 is 2.00 bits per heavy atom. The predicted molar refractivity (Wildman–Crippen MR) is 76.5 cm³/mol. The molecule has 0 saturated heterocycles. The fourth-order valence-corrected chi connectivity index (χ4v) is 2.94. The minimum Gasteiger partial charge on any atom is -0.308 e. The Hall–Kier alpha value is -0.890. The second-order valence-corrected chi connectivity index (χ2v) is 5.69. The summed E-state index contributed by atoms with van der Waals surface area (Å²) in [5.74, 6) is 0.858. The summed E-state index contributed by atoms with van der Waals surface area (Å²) in [6, 6.07) is 4.76. The first-order valence-electron chi connectivity index (χ1n) is 7.41. The molecule has 0 amide bonds. The standard InChI is InChI=1S/C16H26N2/c1-13-8-7-11-17-16(13)12-18-14(2)15-9-5-3-4-6-10-15/h7-8,11,14-15,18H,3-6,9-10,12H2,1-2H3/t14-/m1/s1. The Labute approximate surface area is 111 Å². The molecule has 0 bridgehead atoms. The van der Waals surface area contributed by atoms with Crippen LogP contribution in [0.25, 0.3) is 0 Å². The molecular weight excluding hydrogens is 220 g/mol. The first-order valence-corrected chi connectivity index (χ1v) is 7.41. The zero-order valence-corrected chi connectivity index (χ0v) is 11.8. The number of hydrogen-bond acceptors (Lipinski definition) is 2. The number of nitrogens with zero attached hydrogens (tertiary/aromatic N) is 1. The minimum absolute atomic E-state index is 0.615. The summed E-state index contributed by atoms with van der Waals surface area (Å²) in [6.07, 6.45) is 10.4. The van der Waals surface area contributed by atoms with E-state index in [1.807, 2.05) is 12.3 Å². The summed E-state index contributed by atoms with van der Waals surface area (Å²) in [6.45, 7) is 5.39. The van der Waals surface area contributed by atoms with E-state index in [0.29, 0.717) is 6.04 Å². The lowest BCUT2D eigenvalue weighted by Gasteiger charge is -2.23. The number of nitrogens with one attached hydrogen (secondary N) is 1. The van der Waals surface area contributed by atoms with E-state index in [1.165, 1.54) is 49.8 Å². The van der Waals surface area contributed by atoms with Crippen LogP contribution in [0, 0.1) is 12.8 Å². The van der Waals surface area contributed by atoms with Gasteiger partial charge in [0.1, 0.15) is 0 Å². The molecule has 1 N–H and O–H groups in total. The lowest BCUT2D eigenvalue weighted by Crippen LogP contribution is -2.33. The van der Waals surface area contributed by atoms with Gasteiger partial charge in [-0.2, -0.15) is 0 Å². The first kappa shape index (κ1) is 13.5. The van der Waals surface area contributed by atoms with Crippen molar-refractivity contribution in [3.05, 3.63) is 29.6 Å². The van der Waals surface area contributed by atoms with Crippen LogP contribution in [-0.2, 0) is 6.54 Å². The predicted octanol–water partition coefficient (Wildman–Crippen LogP) is 3.84. The minimum atomic E-state index is 0.615. The number of aryl methyl sites for hydroxylation is 1. The number of hydrogen-bond donors (Lipinski definition) is 1. The van der Waals surface area contributed by atoms with Crippen molar-refractivity contribution in [3.8, 4) is 0 Å². The average Bonchev–Trinajstić information content (AvgIpc) is 2.66. The highest BCUT2D eigenvalue weighted by Crippen LogP contribution is 2.25. The third-order valence-corrected chi connectivity index (χ3v) is 4.32. The SMILES string of the molecule is Cc1cccnc1CN[C@H](C)C1CCCCCC1. The van der Waals surface area contributed by atoms with Crippen LogP contribution in [0.15, 0.2) is 18.3 Å². The van der Waals surface area contributed by atoms with Crippen molar-refractivity contribution in [2.75, 3.05) is 0 Å². The van der Waals surface area contributed by atoms with Gasteiger partial charge in [-0.1, -0.05) is 31.7 Å². The monoisotopic (exact) mass is 246 g/mol. The van der Waals surface area contributed by atoms with Crippen LogP contribution in [0.4, 0.5) is 0 Å². The highest BCUT2D eigenvalue weighted by atomic mass is 14.9. The quantitative estimate of drug-likeness (QED) is 0.817. The molecule has 1 fully saturated rings. The molecule has 1 heterocycles. The van der Waals surface area contributed by atoms with Crippen molar-refractivity contribution in [1.82, 2.24) is 10.3 Å². The Morgan fingerprint density at radius 3 is 2.67 bits per heavy atom. The van der Waals surface area contributed by atoms with Gasteiger partial charge in [0.25, 0.3) is 0 Å². The van der Waals surface area contributed by atoms with Gasteiger partial charge in [0, 0.05) is 18.8 Å². The maximum absolute atomic E-state index is 4.45. The summed E-state index contributed by atoms with van der Waals surface area (Å²) in [5.41, 5.74) is 2.48. The smallest absolute Gasteiger partial charge is 0.0570 e. The van der Waals surface area contributed by atoms with Crippen LogP contribution in [0.1, 0.15) is 56.7 Å². The zero-order valence-electron chi connectivity index (χ0n) is 11.8. The maximum Gasteiger partial charge on any atom is 0.0570 e. The van der Waals surface area contributed by atoms with Crippen LogP contribution >= 0.6 is 0 Å². The zero-order chi connectivity index (χ0) is 12.8. The number of rotatable bonds is 4. The summed E-state index contributed by atoms with van der Waals surface area (Å²) < 4.78 is 0. The number of aromatic nitrogens is 1. The lowest BCUT2D eigenvalue weighted by molar-refractivity contribution is 0.335. The average molecular weight is 246 g/mol. The van der Waals surface area contributed by atoms with Gasteiger partial charge in [0.05, 0.1) is 5.69 Å². The Kier molecular flexibility index (Phi) is 5.18. The molecule has 1 aliphatic rings. The van der Waals surface area contributed by atoms with Crippen molar-refractivity contribution < 1.29 is 0 Å². The Balaban J connectivity index is 1.83. The van der Waals surface area contributed by atoms with Crippen molar-refractivity contribution in [1.29, 1.82) is 0 Å². The Morgan fingerprint density at radius 1 is 1.28 bits per heavy atom. The summed E-state index contributed by atoms with van der Waals surface area (Å²) in [4.78, 5) is 4.45. The summed E-state index contributed by atoms with van der Waals surface area (Å²) >= 11 is 0. The highest BCUT2D eigenvalue weighted by molar-refractivity contribution is 5.17. The van der Waals surface area contributed by atoms with Crippen molar-refractivity contribution in [2.24, 2.45) is 5.92 Å². The van der Waals surface area contributed by atoms with Gasteiger partial charge in [0.15, 0.2) is 0 Å². The summed E-state index contributed by atoms with van der Waals surface area (Å²) in [5, 5.41) is 3.67. The van der Waals surface area contributed by atoms with E-state index in [1.54, 1.807) is 0 Å². The third kappa shape index (κ3) is 3.81. The molecule has 18 heavy (non-hydrogen) atoms. The van der Waals surface area contributed by atoms with E-state index >= 15 is 0 Å². The molecule has 0 aromatic carbocycles. The van der Waals surface area contributed by atoms with Gasteiger partial charge in [-0.25, -0.2) is 0 Å². The normalized spacial score (nSPS) is 19.4. The molecule has 1 aromatic heterocycles. The molecule has 2 nitrogen and oxygen atoms in total. The molecule has 100 valence electrons. The first-order chi connectivity index (χ1) is 8.77. The molecule has 1 saturated carbocycles. The van der Waals surface area contributed by atoms with E-state index in [0.717, 1.165) is 12.5 Å². The van der Waals surface area contributed by atoms with E-state index in [2.05, 4.69) is 30.2 Å². The van der Waals surface area contributed by atoms with E-state index < -0.39 is 0 Å². The van der Waals surface area contributed by atoms with Crippen LogP contribution in [0.2, 0.25) is 0 Å². The van der Waals surface area contributed by atoms with Gasteiger partial charge < -0.3 is 5.32 Å². The van der Waals surface area contributed by atoms with Crippen molar-refractivity contribution in [2.45, 2.75) is 65.0 Å². The van der Waals surface area contributed by atoms with E-state index in [-0.39, 0.29) is 0 Å². The molecular formula is C16H26N2. The van der Waals surface area contributed by atoms with Gasteiger partial charge in [-0.05, 0) is 44.2 Å². The molecule has 1 aliphatic carbocycles. The van der Waals surface area contributed by atoms with Gasteiger partial charge >= 0.3 is 0 Å². The van der Waals surface area contributed by atoms with E-state index in [4.69, 9.17) is 0 Å². The van der Waals surface area contributed by atoms with Gasteiger partial charge in [0.2, 0.25) is 0 Å². The molecule has 0 unspecified atom stereocenters. The molecule has 1 aromatic rings. The topological polar surface area (TPSA) is 24.9 Å². The van der Waals surface area contributed by atoms with Crippen molar-refractivity contribution >= 4 is 0 Å². The van der Waals surface area contributed by atoms with Gasteiger partial charge in [-0.15, -0.1) is 0 Å². The Bertz CT molecular complexity index is 354. The molecule has 1 atom stereocenters. The van der Waals surface area contributed by atoms with Crippen LogP contribution < -0.4 is 5.32 Å². The molecule has 0 aliphatic heterocycles. The third-order valence-electron chi connectivity index (χ3n) is 4.32. The maximum atomic E-state index is 4.45. The molecule has 2 heteroatoms. The van der Waals surface area contributed by atoms with Crippen LogP contribution in [0.3, 0.4) is 0 Å². The fraction of sp³-hybridized carbons (Fsp3) is 0.688. The van der Waals surface area contributed by atoms with E-state index in [9.17, 15) is 0 Å².